The molecule has 2 aromatic rings. The molecule has 2 atom stereocenters. The lowest BCUT2D eigenvalue weighted by Gasteiger charge is -2.33. The van der Waals surface area contributed by atoms with Crippen molar-refractivity contribution in [2.75, 3.05) is 18.0 Å². The van der Waals surface area contributed by atoms with Crippen molar-refractivity contribution in [2.24, 2.45) is 11.8 Å². The van der Waals surface area contributed by atoms with Gasteiger partial charge in [-0.15, -0.1) is 0 Å². The second-order valence-electron chi connectivity index (χ2n) is 7.82. The number of imidazole rings is 1. The van der Waals surface area contributed by atoms with E-state index in [9.17, 15) is 4.79 Å². The maximum Gasteiger partial charge on any atom is 0.225 e. The molecule has 3 rings (SSSR count). The normalized spacial score (nSPS) is 19.1. The van der Waals surface area contributed by atoms with Crippen LogP contribution < -0.4 is 10.2 Å². The molecule has 2 unspecified atom stereocenters. The Labute approximate surface area is 155 Å². The highest BCUT2D eigenvalue weighted by Crippen LogP contribution is 2.26. The highest BCUT2D eigenvalue weighted by molar-refractivity contribution is 5.84. The highest BCUT2D eigenvalue weighted by atomic mass is 16.2. The van der Waals surface area contributed by atoms with Crippen molar-refractivity contribution >= 4 is 22.9 Å². The van der Waals surface area contributed by atoms with Crippen molar-refractivity contribution in [1.29, 1.82) is 0 Å². The Morgan fingerprint density at radius 2 is 2.15 bits per heavy atom. The van der Waals surface area contributed by atoms with Crippen molar-refractivity contribution in [3.63, 3.8) is 0 Å². The molecular formula is C19H30N6O. The summed E-state index contributed by atoms with van der Waals surface area (Å²) in [5.74, 6) is 1.73. The number of carbonyl (C=O) groups is 1. The smallest absolute Gasteiger partial charge is 0.225 e. The Kier molecular flexibility index (Phi) is 6.06. The van der Waals surface area contributed by atoms with Gasteiger partial charge in [0.1, 0.15) is 11.8 Å². The first-order valence-electron chi connectivity index (χ1n) is 9.74. The van der Waals surface area contributed by atoms with Gasteiger partial charge in [-0.05, 0) is 32.1 Å². The molecule has 1 amide bonds. The van der Waals surface area contributed by atoms with Crippen molar-refractivity contribution < 1.29 is 4.79 Å². The van der Waals surface area contributed by atoms with Crippen molar-refractivity contribution in [2.45, 2.75) is 58.9 Å². The fourth-order valence-corrected chi connectivity index (χ4v) is 3.64. The van der Waals surface area contributed by atoms with Crippen molar-refractivity contribution in [3.8, 4) is 0 Å². The predicted molar refractivity (Wildman–Crippen MR) is 103 cm³/mol. The van der Waals surface area contributed by atoms with E-state index in [1.807, 2.05) is 0 Å². The Bertz CT molecular complexity index is 728. The van der Waals surface area contributed by atoms with Gasteiger partial charge in [-0.1, -0.05) is 26.7 Å². The molecular weight excluding hydrogens is 328 g/mol. The maximum atomic E-state index is 12.7. The number of H-pyrrole nitrogens is 1. The molecule has 2 N–H and O–H groups in total. The summed E-state index contributed by atoms with van der Waals surface area (Å²) in [4.78, 5) is 30.8. The van der Waals surface area contributed by atoms with Gasteiger partial charge in [0.05, 0.1) is 12.2 Å². The van der Waals surface area contributed by atoms with Crippen LogP contribution in [0.4, 0.5) is 5.82 Å². The lowest BCUT2D eigenvalue weighted by molar-refractivity contribution is -0.125. The number of amides is 1. The Balaban J connectivity index is 1.58. The van der Waals surface area contributed by atoms with E-state index in [0.29, 0.717) is 12.2 Å². The van der Waals surface area contributed by atoms with Crippen LogP contribution in [0.25, 0.3) is 11.2 Å². The molecule has 1 fully saturated rings. The number of anilines is 1. The molecule has 0 aromatic carbocycles. The van der Waals surface area contributed by atoms with Crippen LogP contribution in [0.2, 0.25) is 0 Å². The molecule has 26 heavy (non-hydrogen) atoms. The van der Waals surface area contributed by atoms with Crippen LogP contribution in [0.1, 0.15) is 52.9 Å². The van der Waals surface area contributed by atoms with Gasteiger partial charge in [0.15, 0.2) is 11.5 Å². The summed E-state index contributed by atoms with van der Waals surface area (Å²) in [7, 11) is 0. The molecule has 1 aliphatic heterocycles. The SMILES string of the molecule is CC(C)CCCC(C)NC(=O)C1CCCN(c2ncnc3nc[nH]c23)C1. The van der Waals surface area contributed by atoms with E-state index in [1.54, 1.807) is 12.7 Å². The van der Waals surface area contributed by atoms with Crippen molar-refractivity contribution in [1.82, 2.24) is 25.3 Å². The average molecular weight is 358 g/mol. The van der Waals surface area contributed by atoms with Crippen LogP contribution >= 0.6 is 0 Å². The van der Waals surface area contributed by atoms with Gasteiger partial charge in [-0.3, -0.25) is 4.79 Å². The number of hydrogen-bond donors (Lipinski definition) is 2. The first-order chi connectivity index (χ1) is 12.5. The fraction of sp³-hybridized carbons (Fsp3) is 0.684. The predicted octanol–water partition coefficient (Wildman–Crippen LogP) is 2.90. The summed E-state index contributed by atoms with van der Waals surface area (Å²) in [6, 6.07) is 0.231. The maximum absolute atomic E-state index is 12.7. The zero-order valence-electron chi connectivity index (χ0n) is 16.0. The molecule has 0 bridgehead atoms. The van der Waals surface area contributed by atoms with Gasteiger partial charge in [0.25, 0.3) is 0 Å². The number of piperidine rings is 1. The zero-order valence-corrected chi connectivity index (χ0v) is 16.0. The van der Waals surface area contributed by atoms with Gasteiger partial charge in [-0.25, -0.2) is 15.0 Å². The Morgan fingerprint density at radius 1 is 1.31 bits per heavy atom. The van der Waals surface area contributed by atoms with Crippen molar-refractivity contribution in [3.05, 3.63) is 12.7 Å². The number of fused-ring (bicyclic) bond motifs is 1. The van der Waals surface area contributed by atoms with Crippen LogP contribution in [0, 0.1) is 11.8 Å². The van der Waals surface area contributed by atoms with Gasteiger partial charge < -0.3 is 15.2 Å². The minimum Gasteiger partial charge on any atom is -0.354 e. The first kappa shape index (κ1) is 18.6. The number of rotatable bonds is 7. The van der Waals surface area contributed by atoms with E-state index in [2.05, 4.69) is 50.9 Å². The van der Waals surface area contributed by atoms with Gasteiger partial charge >= 0.3 is 0 Å². The standard InChI is InChI=1S/C19H30N6O/c1-13(2)6-4-7-14(3)24-19(26)15-8-5-9-25(10-15)18-16-17(21-11-20-16)22-12-23-18/h11-15H,4-10H2,1-3H3,(H,24,26)(H,20,21,22,23). The number of aromatic nitrogens is 4. The lowest BCUT2D eigenvalue weighted by atomic mass is 9.96. The molecule has 7 heteroatoms. The monoisotopic (exact) mass is 358 g/mol. The number of carbonyl (C=O) groups excluding carboxylic acids is 1. The van der Waals surface area contributed by atoms with Crippen LogP contribution in [-0.4, -0.2) is 45.0 Å². The molecule has 2 aromatic heterocycles. The summed E-state index contributed by atoms with van der Waals surface area (Å²) >= 11 is 0. The van der Waals surface area contributed by atoms with E-state index in [0.717, 1.165) is 49.5 Å². The molecule has 0 saturated carbocycles. The third kappa shape index (κ3) is 4.51. The van der Waals surface area contributed by atoms with Crippen LogP contribution in [0.3, 0.4) is 0 Å². The second-order valence-corrected chi connectivity index (χ2v) is 7.82. The molecule has 1 aliphatic rings. The van der Waals surface area contributed by atoms with Crippen LogP contribution in [0.5, 0.6) is 0 Å². The van der Waals surface area contributed by atoms with Gasteiger partial charge in [0, 0.05) is 19.1 Å². The average Bonchev–Trinajstić information content (AvgIpc) is 3.10. The van der Waals surface area contributed by atoms with E-state index in [-0.39, 0.29) is 17.9 Å². The molecule has 142 valence electrons. The van der Waals surface area contributed by atoms with E-state index >= 15 is 0 Å². The first-order valence-corrected chi connectivity index (χ1v) is 9.74. The molecule has 0 aliphatic carbocycles. The number of aromatic amines is 1. The summed E-state index contributed by atoms with van der Waals surface area (Å²) in [6.45, 7) is 8.18. The third-order valence-corrected chi connectivity index (χ3v) is 5.10. The fourth-order valence-electron chi connectivity index (χ4n) is 3.64. The minimum atomic E-state index is 0.00392. The quantitative estimate of drug-likeness (QED) is 0.795. The highest BCUT2D eigenvalue weighted by Gasteiger charge is 2.28. The minimum absolute atomic E-state index is 0.00392. The molecule has 0 radical (unpaired) electrons. The molecule has 0 spiro atoms. The Hall–Kier alpha value is -2.18. The van der Waals surface area contributed by atoms with Crippen LogP contribution in [-0.2, 0) is 4.79 Å². The van der Waals surface area contributed by atoms with E-state index in [4.69, 9.17) is 0 Å². The molecule has 1 saturated heterocycles. The Morgan fingerprint density at radius 3 is 2.96 bits per heavy atom. The summed E-state index contributed by atoms with van der Waals surface area (Å²) in [5, 5.41) is 3.21. The molecule has 7 nitrogen and oxygen atoms in total. The number of nitrogens with zero attached hydrogens (tertiary/aromatic N) is 4. The molecule has 3 heterocycles. The number of nitrogens with one attached hydrogen (secondary N) is 2. The third-order valence-electron chi connectivity index (χ3n) is 5.10. The van der Waals surface area contributed by atoms with Crippen LogP contribution in [0.15, 0.2) is 12.7 Å². The van der Waals surface area contributed by atoms with E-state index in [1.165, 1.54) is 6.42 Å². The summed E-state index contributed by atoms with van der Waals surface area (Å²) in [6.07, 6.45) is 8.51. The topological polar surface area (TPSA) is 86.8 Å². The summed E-state index contributed by atoms with van der Waals surface area (Å²) in [5.41, 5.74) is 1.51. The number of hydrogen-bond acceptors (Lipinski definition) is 5. The summed E-state index contributed by atoms with van der Waals surface area (Å²) < 4.78 is 0. The van der Waals surface area contributed by atoms with Gasteiger partial charge in [-0.2, -0.15) is 0 Å². The van der Waals surface area contributed by atoms with E-state index < -0.39 is 0 Å². The lowest BCUT2D eigenvalue weighted by Crippen LogP contribution is -2.45. The second kappa shape index (κ2) is 8.47. The zero-order chi connectivity index (χ0) is 18.5. The largest absolute Gasteiger partial charge is 0.354 e. The van der Waals surface area contributed by atoms with Gasteiger partial charge in [0.2, 0.25) is 5.91 Å².